The predicted molar refractivity (Wildman–Crippen MR) is 132 cm³/mol. The molecule has 0 amide bonds. The first kappa shape index (κ1) is 26.2. The molecule has 1 aromatic heterocycles. The minimum absolute atomic E-state index is 0.00916. The Morgan fingerprint density at radius 1 is 1.25 bits per heavy atom. The van der Waals surface area contributed by atoms with E-state index in [1.165, 1.54) is 29.5 Å². The fraction of sp³-hybridized carbons (Fsp3) is 0.520. The molecule has 0 N–H and O–H groups in total. The van der Waals surface area contributed by atoms with Crippen molar-refractivity contribution in [2.24, 2.45) is 5.92 Å². The summed E-state index contributed by atoms with van der Waals surface area (Å²) in [6.45, 7) is 4.74. The number of aryl methyl sites for hydroxylation is 1. The zero-order valence-corrected chi connectivity index (χ0v) is 21.2. The number of esters is 1. The maximum Gasteiger partial charge on any atom is 0.307 e. The molecule has 2 aliphatic rings. The van der Waals surface area contributed by atoms with E-state index in [0.29, 0.717) is 37.5 Å². The van der Waals surface area contributed by atoms with Crippen LogP contribution in [0, 0.1) is 11.7 Å². The normalized spacial score (nSPS) is 20.3. The largest absolute Gasteiger partial charge is 0.466 e. The maximum absolute atomic E-state index is 14.8. The molecule has 1 saturated heterocycles. The Morgan fingerprint density at radius 3 is 2.72 bits per heavy atom. The Hall–Kier alpha value is -2.92. The standard InChI is InChI=1S/C25H30FN5O4S/c1-3-35-23(33)11-13-31-28-22(27-29-31)14-18-15-30(12-10-21(18)36-16(2)32)24(25(34)17-8-9-17)19-6-4-5-7-20(19)26/h4-7,14,17,21,24H,3,8-13,15H2,1-2H3/b18-14-. The summed E-state index contributed by atoms with van der Waals surface area (Å²) in [5, 5.41) is 12.3. The van der Waals surface area contributed by atoms with E-state index in [4.69, 9.17) is 4.74 Å². The van der Waals surface area contributed by atoms with Crippen LogP contribution in [0.25, 0.3) is 6.08 Å². The van der Waals surface area contributed by atoms with Gasteiger partial charge >= 0.3 is 5.97 Å². The Labute approximate surface area is 213 Å². The van der Waals surface area contributed by atoms with Crippen LogP contribution < -0.4 is 0 Å². The molecule has 2 aromatic rings. The van der Waals surface area contributed by atoms with Crippen LogP contribution in [0.2, 0.25) is 0 Å². The molecule has 2 fully saturated rings. The minimum Gasteiger partial charge on any atom is -0.466 e. The third kappa shape index (κ3) is 6.64. The summed E-state index contributed by atoms with van der Waals surface area (Å²) >= 11 is 1.23. The lowest BCUT2D eigenvalue weighted by Gasteiger charge is -2.38. The van der Waals surface area contributed by atoms with Crippen molar-refractivity contribution in [3.63, 3.8) is 0 Å². The number of tetrazole rings is 1. The first-order chi connectivity index (χ1) is 17.4. The molecule has 4 rings (SSSR count). The van der Waals surface area contributed by atoms with Gasteiger partial charge in [-0.1, -0.05) is 30.0 Å². The third-order valence-electron chi connectivity index (χ3n) is 6.20. The highest BCUT2D eigenvalue weighted by molar-refractivity contribution is 8.14. The summed E-state index contributed by atoms with van der Waals surface area (Å²) in [5.41, 5.74) is 1.26. The second kappa shape index (κ2) is 11.9. The maximum atomic E-state index is 14.8. The van der Waals surface area contributed by atoms with Crippen LogP contribution in [0.4, 0.5) is 4.39 Å². The number of benzene rings is 1. The van der Waals surface area contributed by atoms with Crippen molar-refractivity contribution in [2.75, 3.05) is 19.7 Å². The van der Waals surface area contributed by atoms with Crippen molar-refractivity contribution in [1.29, 1.82) is 0 Å². The molecule has 0 radical (unpaired) electrons. The van der Waals surface area contributed by atoms with Crippen molar-refractivity contribution < 1.29 is 23.5 Å². The van der Waals surface area contributed by atoms with E-state index in [-0.39, 0.29) is 41.0 Å². The highest BCUT2D eigenvalue weighted by Gasteiger charge is 2.41. The van der Waals surface area contributed by atoms with E-state index in [2.05, 4.69) is 15.4 Å². The van der Waals surface area contributed by atoms with Crippen LogP contribution in [-0.2, 0) is 25.7 Å². The van der Waals surface area contributed by atoms with Gasteiger partial charge in [-0.15, -0.1) is 10.2 Å². The SMILES string of the molecule is CCOC(=O)CCn1nnc(/C=C2/CN(C(C(=O)C3CC3)c3ccccc3F)CCC2SC(C)=O)n1. The summed E-state index contributed by atoms with van der Waals surface area (Å²) in [5.74, 6) is -0.378. The van der Waals surface area contributed by atoms with E-state index >= 15 is 0 Å². The van der Waals surface area contributed by atoms with Gasteiger partial charge in [0.2, 0.25) is 0 Å². The third-order valence-corrected chi connectivity index (χ3v) is 7.36. The topological polar surface area (TPSA) is 107 Å². The molecule has 1 aliphatic heterocycles. The van der Waals surface area contributed by atoms with Crippen molar-refractivity contribution in [3.8, 4) is 0 Å². The average Bonchev–Trinajstić information content (AvgIpc) is 3.60. The van der Waals surface area contributed by atoms with Crippen LogP contribution in [0.15, 0.2) is 29.8 Å². The number of halogens is 1. The van der Waals surface area contributed by atoms with Gasteiger partial charge < -0.3 is 4.74 Å². The zero-order chi connectivity index (χ0) is 25.7. The van der Waals surface area contributed by atoms with Crippen LogP contribution in [-0.4, -0.2) is 66.9 Å². The van der Waals surface area contributed by atoms with Gasteiger partial charge in [-0.05, 0) is 49.1 Å². The Bertz CT molecular complexity index is 1150. The molecule has 36 heavy (non-hydrogen) atoms. The van der Waals surface area contributed by atoms with Crippen molar-refractivity contribution in [3.05, 3.63) is 47.0 Å². The number of piperidine rings is 1. The van der Waals surface area contributed by atoms with Crippen molar-refractivity contribution in [2.45, 2.75) is 57.4 Å². The Morgan fingerprint density at radius 2 is 2.03 bits per heavy atom. The van der Waals surface area contributed by atoms with Gasteiger partial charge in [-0.25, -0.2) is 4.39 Å². The van der Waals surface area contributed by atoms with Crippen LogP contribution >= 0.6 is 11.8 Å². The second-order valence-corrected chi connectivity index (χ2v) is 10.4. The van der Waals surface area contributed by atoms with E-state index in [0.717, 1.165) is 18.4 Å². The molecule has 1 saturated carbocycles. The summed E-state index contributed by atoms with van der Waals surface area (Å²) in [4.78, 5) is 40.2. The number of aromatic nitrogens is 4. The molecular formula is C25H30FN5O4S. The van der Waals surface area contributed by atoms with Gasteiger partial charge in [0.15, 0.2) is 16.7 Å². The summed E-state index contributed by atoms with van der Waals surface area (Å²) < 4.78 is 19.7. The molecule has 0 bridgehead atoms. The van der Waals surface area contributed by atoms with Crippen molar-refractivity contribution in [1.82, 2.24) is 25.1 Å². The molecule has 192 valence electrons. The average molecular weight is 516 g/mol. The van der Waals surface area contributed by atoms with Gasteiger partial charge in [-0.2, -0.15) is 4.80 Å². The predicted octanol–water partition coefficient (Wildman–Crippen LogP) is 3.22. The number of carbonyl (C=O) groups is 3. The lowest BCUT2D eigenvalue weighted by molar-refractivity contribution is -0.143. The number of hydrogen-bond acceptors (Lipinski definition) is 9. The number of ketones is 1. The molecule has 9 nitrogen and oxygen atoms in total. The molecule has 1 aliphatic carbocycles. The van der Waals surface area contributed by atoms with E-state index in [1.54, 1.807) is 31.2 Å². The number of rotatable bonds is 10. The fourth-order valence-electron chi connectivity index (χ4n) is 4.39. The van der Waals surface area contributed by atoms with E-state index in [9.17, 15) is 18.8 Å². The molecule has 2 unspecified atom stereocenters. The number of carbonyl (C=O) groups excluding carboxylic acids is 3. The quantitative estimate of drug-likeness (QED) is 0.441. The van der Waals surface area contributed by atoms with Gasteiger partial charge in [-0.3, -0.25) is 19.3 Å². The Kier molecular flexibility index (Phi) is 8.63. The van der Waals surface area contributed by atoms with Gasteiger partial charge in [0.1, 0.15) is 5.82 Å². The van der Waals surface area contributed by atoms with Crippen LogP contribution in [0.5, 0.6) is 0 Å². The molecule has 11 heteroatoms. The first-order valence-corrected chi connectivity index (χ1v) is 13.1. The van der Waals surface area contributed by atoms with Gasteiger partial charge in [0.05, 0.1) is 25.6 Å². The molecule has 1 aromatic carbocycles. The monoisotopic (exact) mass is 515 g/mol. The summed E-state index contributed by atoms with van der Waals surface area (Å²) in [7, 11) is 0. The van der Waals surface area contributed by atoms with Crippen LogP contribution in [0.1, 0.15) is 57.0 Å². The van der Waals surface area contributed by atoms with Gasteiger partial charge in [0.25, 0.3) is 0 Å². The first-order valence-electron chi connectivity index (χ1n) is 12.2. The number of thioether (sulfide) groups is 1. The minimum atomic E-state index is -0.682. The number of ether oxygens (including phenoxy) is 1. The van der Waals surface area contributed by atoms with Crippen LogP contribution in [0.3, 0.4) is 0 Å². The van der Waals surface area contributed by atoms with Gasteiger partial charge in [0, 0.05) is 36.7 Å². The second-order valence-electron chi connectivity index (χ2n) is 8.98. The molecule has 2 heterocycles. The summed E-state index contributed by atoms with van der Waals surface area (Å²) in [6, 6.07) is 5.75. The lowest BCUT2D eigenvalue weighted by Crippen LogP contribution is -2.43. The fourth-order valence-corrected chi connectivity index (χ4v) is 5.31. The number of likely N-dealkylation sites (tertiary alicyclic amines) is 1. The Balaban J connectivity index is 1.57. The number of nitrogens with zero attached hydrogens (tertiary/aromatic N) is 5. The van der Waals surface area contributed by atoms with E-state index in [1.807, 2.05) is 4.90 Å². The highest BCUT2D eigenvalue weighted by Crippen LogP contribution is 2.40. The summed E-state index contributed by atoms with van der Waals surface area (Å²) in [6.07, 6.45) is 4.20. The number of hydrogen-bond donors (Lipinski definition) is 0. The number of Topliss-reactive ketones (excluding diaryl/α,β-unsaturated/α-hetero) is 1. The molecule has 0 spiro atoms. The lowest BCUT2D eigenvalue weighted by atomic mass is 9.93. The highest BCUT2D eigenvalue weighted by atomic mass is 32.2. The smallest absolute Gasteiger partial charge is 0.307 e. The molecular weight excluding hydrogens is 485 g/mol. The zero-order valence-electron chi connectivity index (χ0n) is 20.4. The van der Waals surface area contributed by atoms with E-state index < -0.39 is 11.9 Å². The molecule has 2 atom stereocenters. The van der Waals surface area contributed by atoms with Crippen molar-refractivity contribution >= 4 is 34.7 Å².